The second-order valence-corrected chi connectivity index (χ2v) is 1.65. The van der Waals surface area contributed by atoms with Crippen LogP contribution in [-0.4, -0.2) is 11.0 Å². The van der Waals surface area contributed by atoms with E-state index in [1.54, 1.807) is 0 Å². The molecule has 0 spiro atoms. The van der Waals surface area contributed by atoms with E-state index in [2.05, 4.69) is 19.1 Å². The van der Waals surface area contributed by atoms with Crippen molar-refractivity contribution >= 4 is 0 Å². The third-order valence-corrected chi connectivity index (χ3v) is 0.940. The van der Waals surface area contributed by atoms with Crippen molar-refractivity contribution in [2.45, 2.75) is 6.92 Å². The summed E-state index contributed by atoms with van der Waals surface area (Å²) in [6, 6.07) is 10.3. The van der Waals surface area contributed by atoms with Crippen molar-refractivity contribution in [2.24, 2.45) is 0 Å². The molecule has 0 aliphatic heterocycles. The zero-order valence-electron chi connectivity index (χ0n) is 6.33. The SMILES string of the molecule is Cc1ccccc1.O.[Na+].[OH-]. The number of benzene rings is 1. The van der Waals surface area contributed by atoms with E-state index >= 15 is 0 Å². The standard InChI is InChI=1S/C7H8.Na.2H2O/c1-7-5-3-2-4-6-7;;;/h2-6H,1H3;;2*1H2/q;+1;;/p-1. The van der Waals surface area contributed by atoms with Crippen molar-refractivity contribution < 1.29 is 40.5 Å². The van der Waals surface area contributed by atoms with E-state index in [0.29, 0.717) is 0 Å². The fourth-order valence-electron chi connectivity index (χ4n) is 0.534. The molecule has 0 saturated heterocycles. The molecule has 0 aliphatic carbocycles. The number of hydrogen-bond acceptors (Lipinski definition) is 1. The molecule has 1 aromatic carbocycles. The largest absolute Gasteiger partial charge is 1.00 e. The molecule has 10 heavy (non-hydrogen) atoms. The number of hydrogen-bond donors (Lipinski definition) is 0. The van der Waals surface area contributed by atoms with Gasteiger partial charge in [0.25, 0.3) is 0 Å². The Morgan fingerprint density at radius 3 is 1.60 bits per heavy atom. The van der Waals surface area contributed by atoms with E-state index in [1.807, 2.05) is 18.2 Å². The van der Waals surface area contributed by atoms with Crippen LogP contribution in [-0.2, 0) is 0 Å². The molecule has 0 aliphatic rings. The monoisotopic (exact) mass is 150 g/mol. The van der Waals surface area contributed by atoms with Crippen LogP contribution in [0.25, 0.3) is 0 Å². The van der Waals surface area contributed by atoms with Gasteiger partial charge in [-0.15, -0.1) is 0 Å². The molecule has 0 radical (unpaired) electrons. The minimum atomic E-state index is 0. The summed E-state index contributed by atoms with van der Waals surface area (Å²) < 4.78 is 0. The van der Waals surface area contributed by atoms with Crippen molar-refractivity contribution in [3.63, 3.8) is 0 Å². The Morgan fingerprint density at radius 1 is 1.00 bits per heavy atom. The second-order valence-electron chi connectivity index (χ2n) is 1.65. The summed E-state index contributed by atoms with van der Waals surface area (Å²) in [5, 5.41) is 0. The zero-order chi connectivity index (χ0) is 5.11. The van der Waals surface area contributed by atoms with Crippen LogP contribution >= 0.6 is 0 Å². The Labute approximate surface area is 83.2 Å². The summed E-state index contributed by atoms with van der Waals surface area (Å²) >= 11 is 0. The van der Waals surface area contributed by atoms with E-state index < -0.39 is 0 Å². The third kappa shape index (κ3) is 6.26. The van der Waals surface area contributed by atoms with Crippen molar-refractivity contribution in [3.8, 4) is 0 Å². The Hall–Kier alpha value is 0.140. The van der Waals surface area contributed by atoms with Crippen molar-refractivity contribution in [3.05, 3.63) is 35.9 Å². The van der Waals surface area contributed by atoms with Crippen molar-refractivity contribution in [1.29, 1.82) is 0 Å². The number of rotatable bonds is 0. The summed E-state index contributed by atoms with van der Waals surface area (Å²) in [5.74, 6) is 0. The number of aryl methyl sites for hydroxylation is 1. The molecule has 0 atom stereocenters. The van der Waals surface area contributed by atoms with E-state index in [0.717, 1.165) is 0 Å². The van der Waals surface area contributed by atoms with Gasteiger partial charge in [0.1, 0.15) is 0 Å². The predicted molar refractivity (Wildman–Crippen MR) is 36.7 cm³/mol. The average Bonchev–Trinajstić information content (AvgIpc) is 1.69. The summed E-state index contributed by atoms with van der Waals surface area (Å²) in [5.41, 5.74) is 1.32. The van der Waals surface area contributed by atoms with Gasteiger partial charge in [-0.1, -0.05) is 35.9 Å². The van der Waals surface area contributed by atoms with Crippen LogP contribution in [0.2, 0.25) is 0 Å². The molecule has 3 N–H and O–H groups in total. The van der Waals surface area contributed by atoms with Gasteiger partial charge in [0.05, 0.1) is 0 Å². The first-order chi connectivity index (χ1) is 3.39. The van der Waals surface area contributed by atoms with E-state index in [1.165, 1.54) is 5.56 Å². The van der Waals surface area contributed by atoms with Gasteiger partial charge in [-0.2, -0.15) is 0 Å². The van der Waals surface area contributed by atoms with Crippen LogP contribution < -0.4 is 29.6 Å². The van der Waals surface area contributed by atoms with Gasteiger partial charge in [0.2, 0.25) is 0 Å². The molecule has 52 valence electrons. The molecule has 1 aromatic rings. The maximum Gasteiger partial charge on any atom is 1.00 e. The van der Waals surface area contributed by atoms with Gasteiger partial charge in [0, 0.05) is 0 Å². The van der Waals surface area contributed by atoms with Crippen LogP contribution in [0, 0.1) is 6.92 Å². The second kappa shape index (κ2) is 9.14. The topological polar surface area (TPSA) is 61.5 Å². The van der Waals surface area contributed by atoms with E-state index in [-0.39, 0.29) is 40.5 Å². The van der Waals surface area contributed by atoms with Crippen molar-refractivity contribution in [1.82, 2.24) is 0 Å². The summed E-state index contributed by atoms with van der Waals surface area (Å²) in [4.78, 5) is 0. The molecule has 0 saturated carbocycles. The normalized spacial score (nSPS) is 6.10. The van der Waals surface area contributed by atoms with Gasteiger partial charge >= 0.3 is 29.6 Å². The van der Waals surface area contributed by atoms with Gasteiger partial charge in [-0.3, -0.25) is 0 Å². The molecule has 0 bridgehead atoms. The van der Waals surface area contributed by atoms with Gasteiger partial charge in [-0.05, 0) is 6.92 Å². The molecule has 0 unspecified atom stereocenters. The van der Waals surface area contributed by atoms with E-state index in [9.17, 15) is 0 Å². The first-order valence-corrected chi connectivity index (χ1v) is 2.41. The van der Waals surface area contributed by atoms with Gasteiger partial charge in [0.15, 0.2) is 0 Å². The fourth-order valence-corrected chi connectivity index (χ4v) is 0.534. The molecule has 0 fully saturated rings. The summed E-state index contributed by atoms with van der Waals surface area (Å²) in [6.45, 7) is 2.08. The maximum absolute atomic E-state index is 2.08. The van der Waals surface area contributed by atoms with Crippen LogP contribution in [0.1, 0.15) is 5.56 Å². The van der Waals surface area contributed by atoms with Gasteiger partial charge < -0.3 is 11.0 Å². The molecular formula is C7H11NaO2. The Balaban J connectivity index is -0.000000163. The first-order valence-electron chi connectivity index (χ1n) is 2.41. The fraction of sp³-hybridized carbons (Fsp3) is 0.143. The molecule has 0 amide bonds. The van der Waals surface area contributed by atoms with Gasteiger partial charge in [-0.25, -0.2) is 0 Å². The molecule has 2 nitrogen and oxygen atoms in total. The molecule has 0 heterocycles. The van der Waals surface area contributed by atoms with Crippen LogP contribution in [0.15, 0.2) is 30.3 Å². The Morgan fingerprint density at radius 2 is 1.40 bits per heavy atom. The minimum absolute atomic E-state index is 0. The zero-order valence-corrected chi connectivity index (χ0v) is 8.33. The molecule has 1 rings (SSSR count). The summed E-state index contributed by atoms with van der Waals surface area (Å²) in [6.07, 6.45) is 0. The van der Waals surface area contributed by atoms with E-state index in [4.69, 9.17) is 0 Å². The smallest absolute Gasteiger partial charge is 0.870 e. The van der Waals surface area contributed by atoms with Crippen LogP contribution in [0.4, 0.5) is 0 Å². The maximum atomic E-state index is 2.08. The van der Waals surface area contributed by atoms with Crippen LogP contribution in [0.3, 0.4) is 0 Å². The Bertz CT molecular complexity index is 142. The molecule has 3 heteroatoms. The minimum Gasteiger partial charge on any atom is -0.870 e. The van der Waals surface area contributed by atoms with Crippen molar-refractivity contribution in [2.75, 3.05) is 0 Å². The third-order valence-electron chi connectivity index (χ3n) is 0.940. The summed E-state index contributed by atoms with van der Waals surface area (Å²) in [7, 11) is 0. The molecular weight excluding hydrogens is 139 g/mol. The van der Waals surface area contributed by atoms with Crippen LogP contribution in [0.5, 0.6) is 0 Å². The molecule has 0 aromatic heterocycles. The Kier molecular flexibility index (Phi) is 15.2. The first kappa shape index (κ1) is 16.6. The predicted octanol–water partition coefficient (Wildman–Crippen LogP) is -2.00. The quantitative estimate of drug-likeness (QED) is 0.394. The average molecular weight is 150 g/mol.